The Morgan fingerprint density at radius 3 is 1.94 bits per heavy atom. The first-order valence-electron chi connectivity index (χ1n) is 18.8. The van der Waals surface area contributed by atoms with Crippen molar-refractivity contribution < 1.29 is 0 Å². The first-order chi connectivity index (χ1) is 25.0. The number of hydrogen-bond acceptors (Lipinski definition) is 1. The maximum Gasteiger partial charge on any atom is 0.0546 e. The lowest BCUT2D eigenvalue weighted by atomic mass is 9.81. The van der Waals surface area contributed by atoms with Crippen LogP contribution in [0.15, 0.2) is 152 Å². The summed E-state index contributed by atoms with van der Waals surface area (Å²) >= 11 is 0. The second kappa shape index (κ2) is 12.7. The van der Waals surface area contributed by atoms with E-state index in [4.69, 9.17) is 0 Å². The van der Waals surface area contributed by atoms with Crippen LogP contribution in [0.1, 0.15) is 74.1 Å². The summed E-state index contributed by atoms with van der Waals surface area (Å²) in [5.74, 6) is 0.669. The normalized spacial score (nSPS) is 15.0. The maximum absolute atomic E-state index is 2.52. The molecule has 0 N–H and O–H groups in total. The van der Waals surface area contributed by atoms with Crippen molar-refractivity contribution in [1.29, 1.82) is 0 Å². The van der Waals surface area contributed by atoms with Gasteiger partial charge >= 0.3 is 0 Å². The smallest absolute Gasteiger partial charge is 0.0546 e. The van der Waals surface area contributed by atoms with Gasteiger partial charge in [0.05, 0.1) is 5.69 Å². The summed E-state index contributed by atoms with van der Waals surface area (Å²) in [4.78, 5) is 2.52. The molecule has 1 saturated carbocycles. The molecule has 1 heteroatoms. The van der Waals surface area contributed by atoms with Crippen LogP contribution >= 0.6 is 0 Å². The van der Waals surface area contributed by atoms with Crippen molar-refractivity contribution in [3.63, 3.8) is 0 Å². The molecule has 0 bridgehead atoms. The largest absolute Gasteiger partial charge is 0.310 e. The average Bonchev–Trinajstić information content (AvgIpc) is 3.41. The molecule has 0 amide bonds. The van der Waals surface area contributed by atoms with E-state index >= 15 is 0 Å². The zero-order chi connectivity index (χ0) is 34.5. The summed E-state index contributed by atoms with van der Waals surface area (Å²) in [6.07, 6.45) is 6.66. The standard InChI is InChI=1S/C50H45N/c1-34-15-10-13-22-42(34)45-31-38-20-11-12-21-39(38)32-48(45)51(40-27-25-36(26-28-40)35-16-6-4-7-17-35)41-29-30-44-47(33-41)50(2,3)46-24-14-23-43(49(44)46)37-18-8-5-9-19-37/h5,8-15,18-33,35H,4,6-7,16-17H2,1-3H3. The van der Waals surface area contributed by atoms with Gasteiger partial charge in [0, 0.05) is 22.4 Å². The van der Waals surface area contributed by atoms with Crippen molar-refractivity contribution in [3.8, 4) is 33.4 Å². The third kappa shape index (κ3) is 5.47. The van der Waals surface area contributed by atoms with E-state index in [1.165, 1.54) is 116 Å². The monoisotopic (exact) mass is 659 g/mol. The number of nitrogens with zero attached hydrogens (tertiary/aromatic N) is 1. The lowest BCUT2D eigenvalue weighted by Crippen LogP contribution is -2.17. The topological polar surface area (TPSA) is 3.24 Å². The van der Waals surface area contributed by atoms with Gasteiger partial charge in [-0.1, -0.05) is 148 Å². The van der Waals surface area contributed by atoms with E-state index in [9.17, 15) is 0 Å². The molecule has 7 aromatic rings. The van der Waals surface area contributed by atoms with Crippen LogP contribution in [0.2, 0.25) is 0 Å². The van der Waals surface area contributed by atoms with Crippen molar-refractivity contribution in [3.05, 3.63) is 174 Å². The molecule has 0 atom stereocenters. The van der Waals surface area contributed by atoms with Crippen LogP contribution in [0, 0.1) is 6.92 Å². The summed E-state index contributed by atoms with van der Waals surface area (Å²) in [7, 11) is 0. The average molecular weight is 660 g/mol. The van der Waals surface area contributed by atoms with Gasteiger partial charge in [0.2, 0.25) is 0 Å². The first kappa shape index (κ1) is 31.6. The summed E-state index contributed by atoms with van der Waals surface area (Å²) in [6.45, 7) is 7.03. The molecular formula is C50H45N. The molecule has 0 heterocycles. The van der Waals surface area contributed by atoms with Crippen LogP contribution in [0.4, 0.5) is 17.1 Å². The lowest BCUT2D eigenvalue weighted by Gasteiger charge is -2.31. The Labute approximate surface area is 303 Å². The van der Waals surface area contributed by atoms with Crippen LogP contribution in [0.5, 0.6) is 0 Å². The molecule has 2 aliphatic rings. The first-order valence-corrected chi connectivity index (χ1v) is 18.8. The third-order valence-corrected chi connectivity index (χ3v) is 11.8. The summed E-state index contributed by atoms with van der Waals surface area (Å²) in [5, 5.41) is 2.50. The Bertz CT molecular complexity index is 2370. The van der Waals surface area contributed by atoms with E-state index in [-0.39, 0.29) is 5.41 Å². The zero-order valence-corrected chi connectivity index (χ0v) is 30.0. The SMILES string of the molecule is Cc1ccccc1-c1cc2ccccc2cc1N(c1ccc(C2CCCCC2)cc1)c1ccc2c(c1)C(C)(C)c1cccc(-c3ccccc3)c1-2. The molecule has 0 radical (unpaired) electrons. The number of aryl methyl sites for hydroxylation is 1. The Balaban J connectivity index is 1.26. The highest BCUT2D eigenvalue weighted by Crippen LogP contribution is 2.54. The second-order valence-electron chi connectivity index (χ2n) is 15.2. The van der Waals surface area contributed by atoms with Crippen molar-refractivity contribution in [2.24, 2.45) is 0 Å². The van der Waals surface area contributed by atoms with Crippen molar-refractivity contribution in [2.45, 2.75) is 64.2 Å². The number of hydrogen-bond donors (Lipinski definition) is 0. The predicted octanol–water partition coefficient (Wildman–Crippen LogP) is 14.3. The Hall–Kier alpha value is -5.40. The molecule has 1 fully saturated rings. The fourth-order valence-corrected chi connectivity index (χ4v) is 9.04. The Morgan fingerprint density at radius 2 is 1.18 bits per heavy atom. The van der Waals surface area contributed by atoms with Gasteiger partial charge < -0.3 is 4.90 Å². The third-order valence-electron chi connectivity index (χ3n) is 11.8. The van der Waals surface area contributed by atoms with Gasteiger partial charge in [0.15, 0.2) is 0 Å². The molecule has 9 rings (SSSR count). The number of benzene rings is 7. The minimum Gasteiger partial charge on any atom is -0.310 e. The highest BCUT2D eigenvalue weighted by atomic mass is 15.1. The van der Waals surface area contributed by atoms with Gasteiger partial charge in [-0.2, -0.15) is 0 Å². The van der Waals surface area contributed by atoms with E-state index in [1.54, 1.807) is 0 Å². The quantitative estimate of drug-likeness (QED) is 0.172. The zero-order valence-electron chi connectivity index (χ0n) is 30.0. The molecule has 0 aliphatic heterocycles. The predicted molar refractivity (Wildman–Crippen MR) is 218 cm³/mol. The molecule has 0 saturated heterocycles. The van der Waals surface area contributed by atoms with Crippen LogP contribution in [-0.4, -0.2) is 0 Å². The molecule has 0 aromatic heterocycles. The lowest BCUT2D eigenvalue weighted by molar-refractivity contribution is 0.443. The fraction of sp³-hybridized carbons (Fsp3) is 0.200. The van der Waals surface area contributed by atoms with Crippen molar-refractivity contribution in [2.75, 3.05) is 4.90 Å². The second-order valence-corrected chi connectivity index (χ2v) is 15.2. The maximum atomic E-state index is 2.52. The summed E-state index contributed by atoms with van der Waals surface area (Å²) in [6, 6.07) is 57.0. The van der Waals surface area contributed by atoms with Crippen LogP contribution < -0.4 is 4.90 Å². The summed E-state index contributed by atoms with van der Waals surface area (Å²) in [5.41, 5.74) is 16.7. The number of fused-ring (bicyclic) bond motifs is 4. The van der Waals surface area contributed by atoms with E-state index in [0.29, 0.717) is 5.92 Å². The van der Waals surface area contributed by atoms with E-state index in [0.717, 1.165) is 0 Å². The molecule has 2 aliphatic carbocycles. The minimum absolute atomic E-state index is 0.149. The number of anilines is 3. The molecule has 51 heavy (non-hydrogen) atoms. The van der Waals surface area contributed by atoms with Gasteiger partial charge in [0.1, 0.15) is 0 Å². The van der Waals surface area contributed by atoms with E-state index in [1.807, 2.05) is 0 Å². The molecule has 7 aromatic carbocycles. The summed E-state index contributed by atoms with van der Waals surface area (Å²) < 4.78 is 0. The number of rotatable bonds is 6. The van der Waals surface area contributed by atoms with Crippen molar-refractivity contribution in [1.82, 2.24) is 0 Å². The highest BCUT2D eigenvalue weighted by Gasteiger charge is 2.37. The van der Waals surface area contributed by atoms with Crippen LogP contribution in [-0.2, 0) is 5.41 Å². The van der Waals surface area contributed by atoms with E-state index < -0.39 is 0 Å². The molecule has 0 spiro atoms. The van der Waals surface area contributed by atoms with Gasteiger partial charge in [0.25, 0.3) is 0 Å². The highest BCUT2D eigenvalue weighted by molar-refractivity contribution is 6.00. The Morgan fingerprint density at radius 1 is 0.510 bits per heavy atom. The van der Waals surface area contributed by atoms with Gasteiger partial charge in [-0.25, -0.2) is 0 Å². The van der Waals surface area contributed by atoms with Crippen LogP contribution in [0.3, 0.4) is 0 Å². The molecule has 1 nitrogen and oxygen atoms in total. The molecule has 0 unspecified atom stereocenters. The van der Waals surface area contributed by atoms with Gasteiger partial charge in [-0.15, -0.1) is 0 Å². The molecule has 250 valence electrons. The molecular weight excluding hydrogens is 615 g/mol. The van der Waals surface area contributed by atoms with Crippen LogP contribution in [0.25, 0.3) is 44.2 Å². The van der Waals surface area contributed by atoms with Gasteiger partial charge in [-0.3, -0.25) is 0 Å². The van der Waals surface area contributed by atoms with Gasteiger partial charge in [-0.05, 0) is 123 Å². The van der Waals surface area contributed by atoms with Crippen molar-refractivity contribution >= 4 is 27.8 Å². The fourth-order valence-electron chi connectivity index (χ4n) is 9.04. The van der Waals surface area contributed by atoms with E-state index in [2.05, 4.69) is 177 Å². The Kier molecular flexibility index (Phi) is 7.88. The minimum atomic E-state index is -0.149.